The molecule has 0 bridgehead atoms. The number of halogens is 3. The van der Waals surface area contributed by atoms with Crippen molar-refractivity contribution in [3.05, 3.63) is 81.9 Å². The molecular weight excluding hydrogens is 422 g/mol. The number of aliphatic imine (C=N–C) groups is 1. The maximum absolute atomic E-state index is 13.4. The number of aryl methyl sites for hydroxylation is 1. The normalized spacial score (nSPS) is 20.1. The number of amidine groups is 1. The lowest BCUT2D eigenvalue weighted by atomic mass is 9.84. The number of ketones is 1. The van der Waals surface area contributed by atoms with E-state index in [0.717, 1.165) is 17.0 Å². The van der Waals surface area contributed by atoms with Crippen LogP contribution in [-0.2, 0) is 16.0 Å². The number of rotatable bonds is 8. The maximum atomic E-state index is 13.4. The van der Waals surface area contributed by atoms with E-state index in [1.165, 1.54) is 0 Å². The molecule has 4 rings (SSSR count). The van der Waals surface area contributed by atoms with Crippen LogP contribution in [0.2, 0.25) is 5.02 Å². The minimum Gasteiger partial charge on any atom is -0.487 e. The number of alkyl halides is 2. The Morgan fingerprint density at radius 2 is 2.06 bits per heavy atom. The summed E-state index contributed by atoms with van der Waals surface area (Å²) in [4.78, 5) is 17.7. The molecule has 1 unspecified atom stereocenters. The molecule has 0 radical (unpaired) electrons. The van der Waals surface area contributed by atoms with Gasteiger partial charge in [0.2, 0.25) is 0 Å². The Balaban J connectivity index is 1.56. The van der Waals surface area contributed by atoms with Gasteiger partial charge in [0.25, 0.3) is 6.43 Å². The molecule has 0 amide bonds. The summed E-state index contributed by atoms with van der Waals surface area (Å²) in [7, 11) is 0. The number of carbonyl (C=O) groups excluding carboxylic acids is 1. The summed E-state index contributed by atoms with van der Waals surface area (Å²) < 4.78 is 31.4. The third kappa shape index (κ3) is 4.96. The predicted molar refractivity (Wildman–Crippen MR) is 117 cm³/mol. The van der Waals surface area contributed by atoms with E-state index in [0.29, 0.717) is 54.0 Å². The Labute approximate surface area is 185 Å². The lowest BCUT2D eigenvalue weighted by molar-refractivity contribution is -0.113. The van der Waals surface area contributed by atoms with Gasteiger partial charge in [0.1, 0.15) is 18.2 Å². The van der Waals surface area contributed by atoms with Gasteiger partial charge in [-0.2, -0.15) is 0 Å². The summed E-state index contributed by atoms with van der Waals surface area (Å²) in [6.45, 7) is -0.737. The second-order valence-corrected chi connectivity index (χ2v) is 8.10. The predicted octanol–water partition coefficient (Wildman–Crippen LogP) is 5.52. The third-order valence-corrected chi connectivity index (χ3v) is 5.86. The average molecular weight is 445 g/mol. The fourth-order valence-electron chi connectivity index (χ4n) is 4.06. The monoisotopic (exact) mass is 444 g/mol. The number of fused-ring (bicyclic) bond motifs is 1. The standard InChI is InChI=1S/C24H23ClF2N2O2/c25-17-10-7-15(8-11-17)6-9-16-3-1-4-19(23(16)31-14-21(26)27)22(30)20-13-29-24-18(20)5-2-12-28-24/h2-3,7-8,10-13,18,21H,1,4-6,9,14H2,(H,28,29). The van der Waals surface area contributed by atoms with E-state index >= 15 is 0 Å². The molecule has 0 saturated heterocycles. The van der Waals surface area contributed by atoms with Gasteiger partial charge in [-0.3, -0.25) is 4.79 Å². The molecule has 0 fully saturated rings. The fourth-order valence-corrected chi connectivity index (χ4v) is 4.19. The van der Waals surface area contributed by atoms with Crippen LogP contribution in [0.1, 0.15) is 31.2 Å². The topological polar surface area (TPSA) is 50.7 Å². The molecule has 2 heterocycles. The van der Waals surface area contributed by atoms with Crippen LogP contribution in [0, 0.1) is 5.92 Å². The van der Waals surface area contributed by atoms with Gasteiger partial charge in [-0.05, 0) is 61.6 Å². The molecular formula is C24H23ClF2N2O2. The first kappa shape index (κ1) is 21.5. The van der Waals surface area contributed by atoms with Gasteiger partial charge in [0, 0.05) is 22.4 Å². The fraction of sp³-hybridized carbons (Fsp3) is 0.333. The molecule has 1 N–H and O–H groups in total. The zero-order valence-electron chi connectivity index (χ0n) is 16.9. The minimum absolute atomic E-state index is 0.121. The first-order valence-corrected chi connectivity index (χ1v) is 10.7. The number of ether oxygens (including phenoxy) is 1. The van der Waals surface area contributed by atoms with Crippen molar-refractivity contribution >= 4 is 23.2 Å². The molecule has 3 aliphatic rings. The zero-order valence-corrected chi connectivity index (χ0v) is 17.7. The van der Waals surface area contributed by atoms with Crippen molar-refractivity contribution in [1.29, 1.82) is 0 Å². The summed E-state index contributed by atoms with van der Waals surface area (Å²) in [5, 5.41) is 3.73. The van der Waals surface area contributed by atoms with Crippen molar-refractivity contribution in [2.45, 2.75) is 38.5 Å². The van der Waals surface area contributed by atoms with Crippen LogP contribution >= 0.6 is 11.6 Å². The van der Waals surface area contributed by atoms with E-state index in [1.807, 2.05) is 42.6 Å². The number of allylic oxidation sites excluding steroid dienone is 4. The van der Waals surface area contributed by atoms with Crippen LogP contribution in [0.5, 0.6) is 0 Å². The van der Waals surface area contributed by atoms with Gasteiger partial charge in [-0.25, -0.2) is 13.8 Å². The van der Waals surface area contributed by atoms with Crippen LogP contribution in [0.25, 0.3) is 0 Å². The highest BCUT2D eigenvalue weighted by Crippen LogP contribution is 2.35. The van der Waals surface area contributed by atoms with Gasteiger partial charge in [0.05, 0.1) is 5.92 Å². The van der Waals surface area contributed by atoms with Gasteiger partial charge >= 0.3 is 0 Å². The molecule has 1 aliphatic carbocycles. The molecule has 7 heteroatoms. The largest absolute Gasteiger partial charge is 0.487 e. The summed E-state index contributed by atoms with van der Waals surface area (Å²) in [5.74, 6) is 0.766. The number of hydrogen-bond acceptors (Lipinski definition) is 4. The summed E-state index contributed by atoms with van der Waals surface area (Å²) in [6, 6.07) is 7.52. The lowest BCUT2D eigenvalue weighted by Crippen LogP contribution is -2.31. The van der Waals surface area contributed by atoms with E-state index in [2.05, 4.69) is 10.3 Å². The van der Waals surface area contributed by atoms with Crippen molar-refractivity contribution in [3.63, 3.8) is 0 Å². The number of hydrogen-bond donors (Lipinski definition) is 1. The Morgan fingerprint density at radius 1 is 1.26 bits per heavy atom. The minimum atomic E-state index is -2.61. The molecule has 0 saturated carbocycles. The number of carbonyl (C=O) groups is 1. The molecule has 1 atom stereocenters. The third-order valence-electron chi connectivity index (χ3n) is 5.61. The van der Waals surface area contributed by atoms with Crippen LogP contribution in [-0.4, -0.2) is 24.7 Å². The molecule has 2 aliphatic heterocycles. The Kier molecular flexibility index (Phi) is 6.66. The van der Waals surface area contributed by atoms with Crippen LogP contribution < -0.4 is 5.32 Å². The number of Topliss-reactive ketones (excluding diaryl/α,β-unsaturated/α-hetero) is 1. The highest BCUT2D eigenvalue weighted by molar-refractivity contribution is 6.30. The molecule has 31 heavy (non-hydrogen) atoms. The van der Waals surface area contributed by atoms with Crippen molar-refractivity contribution in [2.75, 3.05) is 6.61 Å². The summed E-state index contributed by atoms with van der Waals surface area (Å²) in [5.41, 5.74) is 2.92. The van der Waals surface area contributed by atoms with Crippen LogP contribution in [0.15, 0.2) is 76.3 Å². The van der Waals surface area contributed by atoms with Crippen molar-refractivity contribution in [2.24, 2.45) is 10.9 Å². The quantitative estimate of drug-likeness (QED) is 0.574. The number of nitrogens with zero attached hydrogens (tertiary/aromatic N) is 1. The highest BCUT2D eigenvalue weighted by Gasteiger charge is 2.34. The molecule has 0 spiro atoms. The second kappa shape index (κ2) is 9.60. The van der Waals surface area contributed by atoms with E-state index in [1.54, 1.807) is 6.20 Å². The smallest absolute Gasteiger partial charge is 0.272 e. The molecule has 162 valence electrons. The zero-order chi connectivity index (χ0) is 21.8. The van der Waals surface area contributed by atoms with E-state index in [-0.39, 0.29) is 11.7 Å². The van der Waals surface area contributed by atoms with Gasteiger partial charge in [0.15, 0.2) is 5.78 Å². The van der Waals surface area contributed by atoms with Gasteiger partial charge < -0.3 is 10.1 Å². The van der Waals surface area contributed by atoms with Crippen molar-refractivity contribution in [3.8, 4) is 0 Å². The molecule has 4 nitrogen and oxygen atoms in total. The SMILES string of the molecule is O=C(C1=CN=C2NC=CCC12)C1=C(OCC(F)F)C(CCc2ccc(Cl)cc2)=CCC1. The van der Waals surface area contributed by atoms with Crippen LogP contribution in [0.4, 0.5) is 8.78 Å². The molecule has 0 aromatic heterocycles. The lowest BCUT2D eigenvalue weighted by Gasteiger charge is -2.24. The number of benzene rings is 1. The Morgan fingerprint density at radius 3 is 2.84 bits per heavy atom. The van der Waals surface area contributed by atoms with Gasteiger partial charge in [-0.15, -0.1) is 0 Å². The Hall–Kier alpha value is -2.73. The first-order valence-electron chi connectivity index (χ1n) is 10.3. The summed E-state index contributed by atoms with van der Waals surface area (Å²) >= 11 is 5.95. The molecule has 1 aromatic carbocycles. The first-order chi connectivity index (χ1) is 15.0. The van der Waals surface area contributed by atoms with E-state index < -0.39 is 13.0 Å². The number of nitrogens with one attached hydrogen (secondary N) is 1. The summed E-state index contributed by atoms with van der Waals surface area (Å²) in [6.07, 6.45) is 7.83. The highest BCUT2D eigenvalue weighted by atomic mass is 35.5. The Bertz CT molecular complexity index is 1010. The van der Waals surface area contributed by atoms with E-state index in [4.69, 9.17) is 16.3 Å². The van der Waals surface area contributed by atoms with Gasteiger partial charge in [-0.1, -0.05) is 35.9 Å². The maximum Gasteiger partial charge on any atom is 0.272 e. The average Bonchev–Trinajstić information content (AvgIpc) is 3.21. The van der Waals surface area contributed by atoms with E-state index in [9.17, 15) is 13.6 Å². The second-order valence-electron chi connectivity index (χ2n) is 7.67. The van der Waals surface area contributed by atoms with Crippen molar-refractivity contribution < 1.29 is 18.3 Å². The van der Waals surface area contributed by atoms with Crippen LogP contribution in [0.3, 0.4) is 0 Å². The van der Waals surface area contributed by atoms with Crippen molar-refractivity contribution in [1.82, 2.24) is 5.32 Å². The molecule has 1 aromatic rings.